The van der Waals surface area contributed by atoms with Crippen molar-refractivity contribution in [1.82, 2.24) is 4.90 Å². The fourth-order valence-electron chi connectivity index (χ4n) is 4.21. The number of carbonyl (C=O) groups excluding carboxylic acids is 2. The van der Waals surface area contributed by atoms with Crippen molar-refractivity contribution in [2.45, 2.75) is 12.5 Å². The van der Waals surface area contributed by atoms with Gasteiger partial charge in [0.2, 0.25) is 18.4 Å². The van der Waals surface area contributed by atoms with Gasteiger partial charge in [-0.3, -0.25) is 9.69 Å². The topological polar surface area (TPSA) is 95.6 Å². The van der Waals surface area contributed by atoms with Crippen LogP contribution in [0.3, 0.4) is 0 Å². The van der Waals surface area contributed by atoms with Gasteiger partial charge in [-0.25, -0.2) is 4.79 Å². The quantitative estimate of drug-likeness (QED) is 0.553. The van der Waals surface area contributed by atoms with E-state index in [1.54, 1.807) is 18.2 Å². The van der Waals surface area contributed by atoms with Gasteiger partial charge in [-0.15, -0.1) is 0 Å². The van der Waals surface area contributed by atoms with Crippen LogP contribution in [-0.4, -0.2) is 89.0 Å². The maximum absolute atomic E-state index is 13.8. The lowest BCUT2D eigenvalue weighted by molar-refractivity contribution is -1.10. The second kappa shape index (κ2) is 11.4. The van der Waals surface area contributed by atoms with Gasteiger partial charge in [0.25, 0.3) is 0 Å². The normalized spacial score (nSPS) is 22.7. The van der Waals surface area contributed by atoms with E-state index >= 15 is 0 Å². The Bertz CT molecular complexity index is 972. The van der Waals surface area contributed by atoms with Crippen LogP contribution >= 0.6 is 0 Å². The van der Waals surface area contributed by atoms with Gasteiger partial charge in [0.15, 0.2) is 11.5 Å². The zero-order valence-corrected chi connectivity index (χ0v) is 20.1. The average Bonchev–Trinajstić information content (AvgIpc) is 2.87. The summed E-state index contributed by atoms with van der Waals surface area (Å²) in [5.74, 6) is 0.376. The van der Waals surface area contributed by atoms with Crippen LogP contribution in [0.25, 0.3) is 0 Å². The maximum atomic E-state index is 13.8. The number of rotatable bonds is 9. The standard InChI is InChI=1S/C24H31N3O7/c1-30-19-12-11-17(13-20(19)31-2)24(29)27(34-5)22(32-3)15-26(16-23(27)33-4)14-21(28)25-18-9-7-6-8-10-18/h6-13,22-23H,14-16H2,1-5H3/p+1. The fourth-order valence-corrected chi connectivity index (χ4v) is 4.21. The zero-order valence-electron chi connectivity index (χ0n) is 20.1. The second-order valence-corrected chi connectivity index (χ2v) is 7.76. The minimum absolute atomic E-state index is 0.100. The Morgan fingerprint density at radius 1 is 0.912 bits per heavy atom. The first-order valence-corrected chi connectivity index (χ1v) is 10.8. The molecule has 3 rings (SSSR count). The van der Waals surface area contributed by atoms with Crippen molar-refractivity contribution in [3.8, 4) is 11.5 Å². The van der Waals surface area contributed by atoms with Crippen LogP contribution in [0, 0.1) is 0 Å². The number of hydrogen-bond acceptors (Lipinski definition) is 8. The molecule has 1 N–H and O–H groups in total. The van der Waals surface area contributed by atoms with E-state index in [-0.39, 0.29) is 31.4 Å². The number of piperazine rings is 1. The molecule has 10 heteroatoms. The first-order chi connectivity index (χ1) is 16.4. The number of nitrogens with one attached hydrogen (secondary N) is 1. The zero-order chi connectivity index (χ0) is 24.7. The lowest BCUT2D eigenvalue weighted by atomic mass is 10.1. The van der Waals surface area contributed by atoms with E-state index in [1.165, 1.54) is 35.5 Å². The summed E-state index contributed by atoms with van der Waals surface area (Å²) in [7, 11) is 7.46. The highest BCUT2D eigenvalue weighted by Crippen LogP contribution is 2.34. The van der Waals surface area contributed by atoms with Gasteiger partial charge in [0.05, 0.1) is 46.5 Å². The molecule has 1 fully saturated rings. The fraction of sp³-hybridized carbons (Fsp3) is 0.417. The molecule has 2 amide bonds. The summed E-state index contributed by atoms with van der Waals surface area (Å²) in [5.41, 5.74) is 1.06. The monoisotopic (exact) mass is 474 g/mol. The molecular weight excluding hydrogens is 442 g/mol. The summed E-state index contributed by atoms with van der Waals surface area (Å²) in [6.45, 7) is 0.639. The molecular formula is C24H32N3O7+. The van der Waals surface area contributed by atoms with Crippen molar-refractivity contribution >= 4 is 17.5 Å². The van der Waals surface area contributed by atoms with Gasteiger partial charge in [-0.2, -0.15) is 4.84 Å². The Balaban J connectivity index is 1.85. The number of carbonyl (C=O) groups is 2. The molecule has 10 nitrogen and oxygen atoms in total. The molecule has 184 valence electrons. The molecule has 2 aromatic carbocycles. The van der Waals surface area contributed by atoms with Gasteiger partial charge >= 0.3 is 5.91 Å². The summed E-state index contributed by atoms with van der Waals surface area (Å²) in [6, 6.07) is 14.1. The van der Waals surface area contributed by atoms with Crippen LogP contribution in [-0.2, 0) is 19.1 Å². The molecule has 2 unspecified atom stereocenters. The summed E-state index contributed by atoms with van der Waals surface area (Å²) in [5, 5.41) is 2.87. The van der Waals surface area contributed by atoms with Gasteiger partial charge in [-0.05, 0) is 24.3 Å². The first kappa shape index (κ1) is 25.6. The number of hydrogen-bond donors (Lipinski definition) is 1. The number of nitrogens with zero attached hydrogens (tertiary/aromatic N) is 2. The second-order valence-electron chi connectivity index (χ2n) is 7.76. The number of ether oxygens (including phenoxy) is 4. The number of anilines is 1. The van der Waals surface area contributed by atoms with E-state index in [0.29, 0.717) is 22.7 Å². The van der Waals surface area contributed by atoms with Crippen molar-refractivity contribution in [1.29, 1.82) is 0 Å². The average molecular weight is 475 g/mol. The molecule has 1 saturated heterocycles. The third-order valence-corrected chi connectivity index (χ3v) is 5.90. The predicted molar refractivity (Wildman–Crippen MR) is 124 cm³/mol. The number of hydroxylamine groups is 3. The molecule has 0 radical (unpaired) electrons. The molecule has 1 heterocycles. The molecule has 2 atom stereocenters. The third-order valence-electron chi connectivity index (χ3n) is 5.90. The molecule has 1 aliphatic heterocycles. The van der Waals surface area contributed by atoms with Crippen LogP contribution in [0.1, 0.15) is 10.4 Å². The van der Waals surface area contributed by atoms with E-state index in [2.05, 4.69) is 5.32 Å². The Kier molecular flexibility index (Phi) is 8.59. The van der Waals surface area contributed by atoms with E-state index in [0.717, 1.165) is 0 Å². The molecule has 34 heavy (non-hydrogen) atoms. The Labute approximate surface area is 199 Å². The molecule has 0 bridgehead atoms. The van der Waals surface area contributed by atoms with E-state index < -0.39 is 17.1 Å². The highest BCUT2D eigenvalue weighted by atomic mass is 16.8. The first-order valence-electron chi connectivity index (χ1n) is 10.8. The van der Waals surface area contributed by atoms with Gasteiger partial charge in [0.1, 0.15) is 0 Å². The largest absolute Gasteiger partial charge is 0.493 e. The van der Waals surface area contributed by atoms with Crippen molar-refractivity contribution < 1.29 is 38.0 Å². The highest BCUT2D eigenvalue weighted by molar-refractivity contribution is 5.92. The third kappa shape index (κ3) is 5.06. The highest BCUT2D eigenvalue weighted by Gasteiger charge is 2.58. The van der Waals surface area contributed by atoms with Gasteiger partial charge in [-0.1, -0.05) is 22.8 Å². The number of para-hydroxylation sites is 1. The van der Waals surface area contributed by atoms with E-state index in [1.807, 2.05) is 35.2 Å². The minimum atomic E-state index is -0.756. The number of quaternary nitrogens is 1. The van der Waals surface area contributed by atoms with Gasteiger partial charge in [0, 0.05) is 26.0 Å². The molecule has 0 aliphatic carbocycles. The number of amides is 2. The van der Waals surface area contributed by atoms with Crippen molar-refractivity contribution in [3.05, 3.63) is 54.1 Å². The summed E-state index contributed by atoms with van der Waals surface area (Å²) < 4.78 is 21.5. The van der Waals surface area contributed by atoms with Crippen LogP contribution in [0.15, 0.2) is 48.5 Å². The van der Waals surface area contributed by atoms with Crippen LogP contribution in [0.2, 0.25) is 0 Å². The SMILES string of the molecule is COc1ccc(C(=O)[N+]2(OC)C(OC)CN(CC(=O)Nc3ccccc3)CC2OC)cc1OC. The molecule has 1 aliphatic rings. The summed E-state index contributed by atoms with van der Waals surface area (Å²) >= 11 is 0. The lowest BCUT2D eigenvalue weighted by Crippen LogP contribution is -2.73. The molecule has 0 spiro atoms. The van der Waals surface area contributed by atoms with Crippen molar-refractivity contribution in [3.63, 3.8) is 0 Å². The van der Waals surface area contributed by atoms with Gasteiger partial charge < -0.3 is 24.3 Å². The Morgan fingerprint density at radius 2 is 1.53 bits per heavy atom. The predicted octanol–water partition coefficient (Wildman–Crippen LogP) is 2.12. The molecule has 0 aromatic heterocycles. The van der Waals surface area contributed by atoms with E-state index in [9.17, 15) is 9.59 Å². The Hall–Kier alpha value is -3.02. The van der Waals surface area contributed by atoms with Crippen molar-refractivity contribution in [2.24, 2.45) is 0 Å². The van der Waals surface area contributed by atoms with E-state index in [4.69, 9.17) is 23.8 Å². The maximum Gasteiger partial charge on any atom is 0.382 e. The molecule has 0 saturated carbocycles. The lowest BCUT2D eigenvalue weighted by Gasteiger charge is -2.47. The smallest absolute Gasteiger partial charge is 0.382 e. The Morgan fingerprint density at radius 3 is 2.06 bits per heavy atom. The minimum Gasteiger partial charge on any atom is -0.493 e. The molecule has 2 aromatic rings. The summed E-state index contributed by atoms with van der Waals surface area (Å²) in [6.07, 6.45) is -1.51. The van der Waals surface area contributed by atoms with Crippen molar-refractivity contribution in [2.75, 3.05) is 60.5 Å². The summed E-state index contributed by atoms with van der Waals surface area (Å²) in [4.78, 5) is 34.1. The van der Waals surface area contributed by atoms with Crippen LogP contribution in [0.5, 0.6) is 11.5 Å². The number of benzene rings is 2. The van der Waals surface area contributed by atoms with Crippen LogP contribution < -0.4 is 14.8 Å². The number of methoxy groups -OCH3 is 4. The van der Waals surface area contributed by atoms with Crippen LogP contribution in [0.4, 0.5) is 5.69 Å².